The number of hydrogen-bond donors (Lipinski definition) is 0. The first-order chi connectivity index (χ1) is 8.60. The quantitative estimate of drug-likeness (QED) is 0.584. The highest BCUT2D eigenvalue weighted by molar-refractivity contribution is 14.1. The van der Waals surface area contributed by atoms with E-state index in [1.165, 1.54) is 0 Å². The first-order valence-electron chi connectivity index (χ1n) is 5.86. The van der Waals surface area contributed by atoms with Gasteiger partial charge in [0.15, 0.2) is 0 Å². The summed E-state index contributed by atoms with van der Waals surface area (Å²) in [5.41, 5.74) is 0.720. The molecule has 3 nitrogen and oxygen atoms in total. The van der Waals surface area contributed by atoms with Crippen molar-refractivity contribution in [2.45, 2.75) is 19.1 Å². The van der Waals surface area contributed by atoms with E-state index < -0.39 is 0 Å². The number of hydrogen-bond acceptors (Lipinski definition) is 2. The van der Waals surface area contributed by atoms with E-state index in [0.717, 1.165) is 9.13 Å². The summed E-state index contributed by atoms with van der Waals surface area (Å²) in [6.07, 6.45) is -0.0292. The molecule has 5 heteroatoms. The smallest absolute Gasteiger partial charge is 0.254 e. The molecular formula is C13H15ClINO2. The fourth-order valence-electron chi connectivity index (χ4n) is 2.07. The molecule has 1 fully saturated rings. The molecule has 1 amide bonds. The number of carbonyl (C=O) groups is 1. The maximum absolute atomic E-state index is 12.3. The molecule has 1 aromatic rings. The molecule has 0 N–H and O–H groups in total. The molecule has 1 heterocycles. The Morgan fingerprint density at radius 1 is 1.44 bits per heavy atom. The van der Waals surface area contributed by atoms with Crippen LogP contribution in [0.1, 0.15) is 17.3 Å². The van der Waals surface area contributed by atoms with Crippen molar-refractivity contribution in [3.63, 3.8) is 0 Å². The number of carbonyl (C=O) groups excluding carboxylic acids is 1. The zero-order chi connectivity index (χ0) is 13.1. The second-order valence-corrected chi connectivity index (χ2v) is 5.99. The summed E-state index contributed by atoms with van der Waals surface area (Å²) in [5.74, 6) is 0.470. The average molecular weight is 380 g/mol. The molecule has 1 saturated heterocycles. The monoisotopic (exact) mass is 379 g/mol. The summed E-state index contributed by atoms with van der Waals surface area (Å²) in [5, 5.41) is 0. The second kappa shape index (κ2) is 6.21. The molecule has 1 aliphatic heterocycles. The molecule has 1 aromatic carbocycles. The van der Waals surface area contributed by atoms with E-state index in [9.17, 15) is 4.79 Å². The highest BCUT2D eigenvalue weighted by Crippen LogP contribution is 2.16. The predicted molar refractivity (Wildman–Crippen MR) is 80.1 cm³/mol. The van der Waals surface area contributed by atoms with Crippen molar-refractivity contribution < 1.29 is 9.53 Å². The lowest BCUT2D eigenvalue weighted by Gasteiger charge is -2.36. The Morgan fingerprint density at radius 2 is 2.11 bits per heavy atom. The van der Waals surface area contributed by atoms with E-state index in [4.69, 9.17) is 16.3 Å². The van der Waals surface area contributed by atoms with Crippen molar-refractivity contribution in [3.8, 4) is 0 Å². The Morgan fingerprint density at radius 3 is 2.72 bits per heavy atom. The Balaban J connectivity index is 2.10. The fraction of sp³-hybridized carbons (Fsp3) is 0.462. The van der Waals surface area contributed by atoms with Crippen LogP contribution in [0.5, 0.6) is 0 Å². The number of benzene rings is 1. The normalized spacial score (nSPS) is 24.1. The van der Waals surface area contributed by atoms with Gasteiger partial charge in [0.25, 0.3) is 5.91 Å². The van der Waals surface area contributed by atoms with Crippen LogP contribution >= 0.6 is 34.2 Å². The van der Waals surface area contributed by atoms with Gasteiger partial charge < -0.3 is 9.64 Å². The topological polar surface area (TPSA) is 29.5 Å². The number of halogens is 2. The SMILES string of the molecule is CC1CN(C(=O)c2ccc(I)cc2)CC(CCl)O1. The summed E-state index contributed by atoms with van der Waals surface area (Å²) < 4.78 is 6.77. The van der Waals surface area contributed by atoms with Crippen molar-refractivity contribution in [2.75, 3.05) is 19.0 Å². The van der Waals surface area contributed by atoms with Crippen LogP contribution in [0.2, 0.25) is 0 Å². The van der Waals surface area contributed by atoms with Gasteiger partial charge in [0.1, 0.15) is 0 Å². The lowest BCUT2D eigenvalue weighted by Crippen LogP contribution is -2.49. The summed E-state index contributed by atoms with van der Waals surface area (Å²) in [4.78, 5) is 14.2. The van der Waals surface area contributed by atoms with Crippen molar-refractivity contribution in [2.24, 2.45) is 0 Å². The van der Waals surface area contributed by atoms with Crippen LogP contribution in [-0.2, 0) is 4.74 Å². The van der Waals surface area contributed by atoms with E-state index >= 15 is 0 Å². The molecule has 18 heavy (non-hydrogen) atoms. The van der Waals surface area contributed by atoms with Gasteiger partial charge >= 0.3 is 0 Å². The molecule has 0 saturated carbocycles. The number of rotatable bonds is 2. The molecule has 0 radical (unpaired) electrons. The van der Waals surface area contributed by atoms with Gasteiger partial charge in [-0.3, -0.25) is 4.79 Å². The Labute approximate surface area is 126 Å². The van der Waals surface area contributed by atoms with Gasteiger partial charge in [-0.2, -0.15) is 0 Å². The molecule has 2 atom stereocenters. The molecule has 0 spiro atoms. The Hall–Kier alpha value is -0.330. The van der Waals surface area contributed by atoms with Crippen molar-refractivity contribution in [1.29, 1.82) is 0 Å². The van der Waals surface area contributed by atoms with Gasteiger partial charge in [0.2, 0.25) is 0 Å². The zero-order valence-electron chi connectivity index (χ0n) is 10.1. The van der Waals surface area contributed by atoms with Crippen LogP contribution in [0, 0.1) is 3.57 Å². The van der Waals surface area contributed by atoms with Crippen LogP contribution in [-0.4, -0.2) is 42.0 Å². The molecule has 0 bridgehead atoms. The van der Waals surface area contributed by atoms with Crippen LogP contribution in [0.4, 0.5) is 0 Å². The minimum atomic E-state index is -0.0665. The standard InChI is InChI=1S/C13H15ClINO2/c1-9-7-16(8-12(6-14)18-9)13(17)10-2-4-11(15)5-3-10/h2-5,9,12H,6-8H2,1H3. The number of morpholine rings is 1. The van der Waals surface area contributed by atoms with E-state index in [1.807, 2.05) is 36.1 Å². The Kier molecular flexibility index (Phi) is 4.86. The number of alkyl halides is 1. The number of amides is 1. The van der Waals surface area contributed by atoms with E-state index in [1.54, 1.807) is 0 Å². The van der Waals surface area contributed by atoms with Gasteiger partial charge in [0.05, 0.1) is 18.1 Å². The molecular weight excluding hydrogens is 365 g/mol. The second-order valence-electron chi connectivity index (χ2n) is 4.44. The van der Waals surface area contributed by atoms with Crippen molar-refractivity contribution in [3.05, 3.63) is 33.4 Å². The van der Waals surface area contributed by atoms with E-state index in [0.29, 0.717) is 19.0 Å². The van der Waals surface area contributed by atoms with E-state index in [-0.39, 0.29) is 18.1 Å². The Bertz CT molecular complexity index is 424. The maximum Gasteiger partial charge on any atom is 0.254 e. The first-order valence-corrected chi connectivity index (χ1v) is 7.47. The van der Waals surface area contributed by atoms with Crippen LogP contribution in [0.25, 0.3) is 0 Å². The van der Waals surface area contributed by atoms with Gasteiger partial charge in [-0.25, -0.2) is 0 Å². The third-order valence-corrected chi connectivity index (χ3v) is 3.94. The van der Waals surface area contributed by atoms with Crippen molar-refractivity contribution >= 4 is 40.1 Å². The highest BCUT2D eigenvalue weighted by Gasteiger charge is 2.28. The minimum Gasteiger partial charge on any atom is -0.370 e. The van der Waals surface area contributed by atoms with Gasteiger partial charge in [-0.1, -0.05) is 0 Å². The van der Waals surface area contributed by atoms with Crippen LogP contribution < -0.4 is 0 Å². The molecule has 2 rings (SSSR count). The average Bonchev–Trinajstić information content (AvgIpc) is 2.38. The van der Waals surface area contributed by atoms with Crippen molar-refractivity contribution in [1.82, 2.24) is 4.90 Å². The third kappa shape index (κ3) is 3.36. The van der Waals surface area contributed by atoms with Crippen LogP contribution in [0.15, 0.2) is 24.3 Å². The lowest BCUT2D eigenvalue weighted by atomic mass is 10.1. The summed E-state index contributed by atoms with van der Waals surface area (Å²) in [6, 6.07) is 7.60. The summed E-state index contributed by atoms with van der Waals surface area (Å²) in [6.45, 7) is 3.16. The summed E-state index contributed by atoms with van der Waals surface area (Å²) >= 11 is 8.04. The summed E-state index contributed by atoms with van der Waals surface area (Å²) in [7, 11) is 0. The maximum atomic E-state index is 12.3. The van der Waals surface area contributed by atoms with E-state index in [2.05, 4.69) is 22.6 Å². The predicted octanol–water partition coefficient (Wildman–Crippen LogP) is 2.76. The number of nitrogens with zero attached hydrogens (tertiary/aromatic N) is 1. The molecule has 0 aliphatic carbocycles. The van der Waals surface area contributed by atoms with Gasteiger partial charge in [-0.05, 0) is 53.8 Å². The molecule has 0 aromatic heterocycles. The van der Waals surface area contributed by atoms with Crippen LogP contribution in [0.3, 0.4) is 0 Å². The molecule has 98 valence electrons. The first kappa shape index (κ1) is 14.1. The lowest BCUT2D eigenvalue weighted by molar-refractivity contribution is -0.0570. The fourth-order valence-corrected chi connectivity index (χ4v) is 2.60. The minimum absolute atomic E-state index is 0.0373. The zero-order valence-corrected chi connectivity index (χ0v) is 13.0. The third-order valence-electron chi connectivity index (χ3n) is 2.88. The van der Waals surface area contributed by atoms with Gasteiger partial charge in [0, 0.05) is 22.2 Å². The highest BCUT2D eigenvalue weighted by atomic mass is 127. The molecule has 2 unspecified atom stereocenters. The number of ether oxygens (including phenoxy) is 1. The largest absolute Gasteiger partial charge is 0.370 e. The molecule has 1 aliphatic rings. The van der Waals surface area contributed by atoms with Gasteiger partial charge in [-0.15, -0.1) is 11.6 Å².